The molecular formula is C21H22ClNO7. The van der Waals surface area contributed by atoms with Crippen LogP contribution in [0.3, 0.4) is 0 Å². The Balaban J connectivity index is 1.63. The molecule has 0 aliphatic carbocycles. The molecule has 1 aliphatic heterocycles. The van der Waals surface area contributed by atoms with Gasteiger partial charge in [-0.05, 0) is 44.0 Å². The van der Waals surface area contributed by atoms with Gasteiger partial charge >= 0.3 is 11.9 Å². The van der Waals surface area contributed by atoms with Crippen molar-refractivity contribution >= 4 is 29.3 Å². The van der Waals surface area contributed by atoms with Crippen LogP contribution >= 0.6 is 11.6 Å². The quantitative estimate of drug-likeness (QED) is 0.526. The van der Waals surface area contributed by atoms with Crippen molar-refractivity contribution in [3.63, 3.8) is 0 Å². The van der Waals surface area contributed by atoms with Crippen LogP contribution in [-0.2, 0) is 20.7 Å². The second kappa shape index (κ2) is 9.21. The Labute approximate surface area is 178 Å². The van der Waals surface area contributed by atoms with Crippen LogP contribution in [0.1, 0.15) is 44.6 Å². The number of aromatic nitrogens is 1. The fraction of sp³-hybridized carbons (Fsp3) is 0.381. The topological polar surface area (TPSA) is 104 Å². The van der Waals surface area contributed by atoms with E-state index in [1.54, 1.807) is 32.9 Å². The number of esters is 2. The van der Waals surface area contributed by atoms with Crippen LogP contribution in [0.15, 0.2) is 12.1 Å². The van der Waals surface area contributed by atoms with Crippen molar-refractivity contribution in [1.29, 1.82) is 0 Å². The summed E-state index contributed by atoms with van der Waals surface area (Å²) in [6.45, 7) is 5.60. The first-order chi connectivity index (χ1) is 14.3. The van der Waals surface area contributed by atoms with E-state index in [9.17, 15) is 14.4 Å². The summed E-state index contributed by atoms with van der Waals surface area (Å²) in [5, 5.41) is 0.343. The molecule has 0 unspecified atom stereocenters. The second-order valence-electron chi connectivity index (χ2n) is 6.71. The zero-order chi connectivity index (χ0) is 21.8. The lowest BCUT2D eigenvalue weighted by Crippen LogP contribution is -2.18. The van der Waals surface area contributed by atoms with E-state index in [0.717, 1.165) is 0 Å². The SMILES string of the molecule is CCOC(=O)c1c(C)[nH]c(C(=O)COC(=O)Cc2cc(Cl)c3c(c2)OCCO3)c1C. The third-order valence-electron chi connectivity index (χ3n) is 4.57. The van der Waals surface area contributed by atoms with Crippen LogP contribution in [0.5, 0.6) is 11.5 Å². The van der Waals surface area contributed by atoms with E-state index < -0.39 is 24.3 Å². The minimum absolute atomic E-state index is 0.0829. The standard InChI is InChI=1S/C21H22ClNO7/c1-4-27-21(26)18-11(2)19(23-12(18)3)15(24)10-30-17(25)9-13-7-14(22)20-16(8-13)28-5-6-29-20/h7-8,23H,4-6,9-10H2,1-3H3. The lowest BCUT2D eigenvalue weighted by Gasteiger charge is -2.20. The molecule has 2 aromatic rings. The maximum Gasteiger partial charge on any atom is 0.340 e. The molecule has 0 amide bonds. The van der Waals surface area contributed by atoms with Crippen molar-refractivity contribution in [1.82, 2.24) is 4.98 Å². The summed E-state index contributed by atoms with van der Waals surface area (Å²) in [4.78, 5) is 39.6. The number of hydrogen-bond donors (Lipinski definition) is 1. The lowest BCUT2D eigenvalue weighted by molar-refractivity contribution is -0.141. The number of nitrogens with one attached hydrogen (secondary N) is 1. The number of fused-ring (bicyclic) bond motifs is 1. The van der Waals surface area contributed by atoms with Crippen LogP contribution in [-0.4, -0.2) is 49.1 Å². The van der Waals surface area contributed by atoms with E-state index in [1.807, 2.05) is 0 Å². The van der Waals surface area contributed by atoms with Gasteiger partial charge in [0.1, 0.15) is 13.2 Å². The minimum atomic E-state index is -0.595. The number of hydrogen-bond acceptors (Lipinski definition) is 7. The van der Waals surface area contributed by atoms with Gasteiger partial charge in [0.2, 0.25) is 5.78 Å². The number of benzene rings is 1. The van der Waals surface area contributed by atoms with Crippen LogP contribution in [0, 0.1) is 13.8 Å². The summed E-state index contributed by atoms with van der Waals surface area (Å²) >= 11 is 6.17. The van der Waals surface area contributed by atoms with Crippen LogP contribution in [0.4, 0.5) is 0 Å². The molecule has 1 aliphatic rings. The zero-order valence-electron chi connectivity index (χ0n) is 16.9. The van der Waals surface area contributed by atoms with Gasteiger partial charge in [0.25, 0.3) is 0 Å². The molecule has 1 N–H and O–H groups in total. The summed E-state index contributed by atoms with van der Waals surface area (Å²) in [6, 6.07) is 3.26. The molecule has 0 saturated carbocycles. The van der Waals surface area contributed by atoms with Gasteiger partial charge in [0.05, 0.1) is 29.3 Å². The van der Waals surface area contributed by atoms with E-state index in [2.05, 4.69) is 4.98 Å². The van der Waals surface area contributed by atoms with Crippen molar-refractivity contribution < 1.29 is 33.3 Å². The Morgan fingerprint density at radius 1 is 1.13 bits per heavy atom. The van der Waals surface area contributed by atoms with Crippen LogP contribution in [0.25, 0.3) is 0 Å². The molecule has 1 aromatic carbocycles. The summed E-state index contributed by atoms with van der Waals surface area (Å²) in [5.41, 5.74) is 2.10. The number of aryl methyl sites for hydroxylation is 1. The monoisotopic (exact) mass is 435 g/mol. The predicted octanol–water partition coefficient (Wildman–Crippen LogP) is 3.20. The van der Waals surface area contributed by atoms with Gasteiger partial charge in [-0.15, -0.1) is 0 Å². The van der Waals surface area contributed by atoms with Crippen molar-refractivity contribution in [2.24, 2.45) is 0 Å². The van der Waals surface area contributed by atoms with Crippen molar-refractivity contribution in [3.05, 3.63) is 45.2 Å². The highest BCUT2D eigenvalue weighted by Crippen LogP contribution is 2.38. The molecule has 0 bridgehead atoms. The van der Waals surface area contributed by atoms with E-state index in [-0.39, 0.29) is 18.7 Å². The first-order valence-electron chi connectivity index (χ1n) is 9.45. The third kappa shape index (κ3) is 4.59. The smallest absolute Gasteiger partial charge is 0.340 e. The molecule has 0 fully saturated rings. The van der Waals surface area contributed by atoms with Gasteiger partial charge in [-0.1, -0.05) is 11.6 Å². The molecule has 160 valence electrons. The fourth-order valence-corrected chi connectivity index (χ4v) is 3.53. The van der Waals surface area contributed by atoms with Crippen molar-refractivity contribution in [3.8, 4) is 11.5 Å². The summed E-state index contributed by atoms with van der Waals surface area (Å²) in [5.74, 6) is -0.626. The number of Topliss-reactive ketones (excluding diaryl/α,β-unsaturated/α-hetero) is 1. The van der Waals surface area contributed by atoms with E-state index >= 15 is 0 Å². The van der Waals surface area contributed by atoms with Gasteiger partial charge in [0.15, 0.2) is 18.1 Å². The highest BCUT2D eigenvalue weighted by atomic mass is 35.5. The molecule has 0 saturated heterocycles. The van der Waals surface area contributed by atoms with Gasteiger partial charge < -0.3 is 23.9 Å². The lowest BCUT2D eigenvalue weighted by atomic mass is 10.1. The number of carbonyl (C=O) groups excluding carboxylic acids is 3. The minimum Gasteiger partial charge on any atom is -0.486 e. The Morgan fingerprint density at radius 3 is 2.60 bits per heavy atom. The summed E-state index contributed by atoms with van der Waals surface area (Å²) < 4.78 is 21.1. The normalized spacial score (nSPS) is 12.4. The van der Waals surface area contributed by atoms with E-state index in [1.165, 1.54) is 0 Å². The molecule has 1 aromatic heterocycles. The van der Waals surface area contributed by atoms with Gasteiger partial charge in [-0.3, -0.25) is 9.59 Å². The van der Waals surface area contributed by atoms with Gasteiger partial charge in [0, 0.05) is 5.69 Å². The highest BCUT2D eigenvalue weighted by molar-refractivity contribution is 6.32. The number of ketones is 1. The summed E-state index contributed by atoms with van der Waals surface area (Å²) in [7, 11) is 0. The maximum atomic E-state index is 12.5. The van der Waals surface area contributed by atoms with Crippen LogP contribution < -0.4 is 9.47 Å². The number of H-pyrrole nitrogens is 1. The number of aromatic amines is 1. The molecular weight excluding hydrogens is 414 g/mol. The molecule has 2 heterocycles. The fourth-order valence-electron chi connectivity index (χ4n) is 3.24. The van der Waals surface area contributed by atoms with E-state index in [4.69, 9.17) is 30.5 Å². The van der Waals surface area contributed by atoms with Gasteiger partial charge in [-0.2, -0.15) is 0 Å². The molecule has 3 rings (SSSR count). The Morgan fingerprint density at radius 2 is 1.87 bits per heavy atom. The third-order valence-corrected chi connectivity index (χ3v) is 4.85. The zero-order valence-corrected chi connectivity index (χ0v) is 17.7. The number of carbonyl (C=O) groups is 3. The largest absolute Gasteiger partial charge is 0.486 e. The van der Waals surface area contributed by atoms with Crippen molar-refractivity contribution in [2.75, 3.05) is 26.4 Å². The van der Waals surface area contributed by atoms with E-state index in [0.29, 0.717) is 52.1 Å². The van der Waals surface area contributed by atoms with Crippen LogP contribution in [0.2, 0.25) is 5.02 Å². The average molecular weight is 436 g/mol. The second-order valence-corrected chi connectivity index (χ2v) is 7.12. The number of halogens is 1. The molecule has 0 atom stereocenters. The Bertz CT molecular complexity index is 996. The first kappa shape index (κ1) is 21.7. The predicted molar refractivity (Wildman–Crippen MR) is 108 cm³/mol. The Kier molecular flexibility index (Phi) is 6.66. The molecule has 0 spiro atoms. The molecule has 0 radical (unpaired) electrons. The Hall–Kier alpha value is -3.00. The maximum absolute atomic E-state index is 12.5. The highest BCUT2D eigenvalue weighted by Gasteiger charge is 2.24. The summed E-state index contributed by atoms with van der Waals surface area (Å²) in [6.07, 6.45) is -0.0829. The number of ether oxygens (including phenoxy) is 4. The molecule has 8 nitrogen and oxygen atoms in total. The van der Waals surface area contributed by atoms with Gasteiger partial charge in [-0.25, -0.2) is 4.79 Å². The average Bonchev–Trinajstić information content (AvgIpc) is 3.00. The first-order valence-corrected chi connectivity index (χ1v) is 9.82. The number of rotatable bonds is 7. The molecule has 9 heteroatoms. The van der Waals surface area contributed by atoms with Crippen molar-refractivity contribution in [2.45, 2.75) is 27.2 Å². The molecule has 30 heavy (non-hydrogen) atoms.